The van der Waals surface area contributed by atoms with E-state index in [-0.39, 0.29) is 0 Å². The Morgan fingerprint density at radius 3 is 2.11 bits per heavy atom. The summed E-state index contributed by atoms with van der Waals surface area (Å²) in [5.41, 5.74) is 0.884. The van der Waals surface area contributed by atoms with Gasteiger partial charge >= 0.3 is 0 Å². The normalized spacial score (nSPS) is 18.6. The second-order valence-corrected chi connectivity index (χ2v) is 9.00. The standard InChI is InChI=1S/C17H35OSi/c1-3-4-5-6-7-8-9-10-11-14-17(2)19-16-13-12-15-18-19/h17H,3-16H2,1-2H3. The second-order valence-electron chi connectivity index (χ2n) is 6.29. The Morgan fingerprint density at radius 1 is 0.895 bits per heavy atom. The summed E-state index contributed by atoms with van der Waals surface area (Å²) in [4.78, 5) is 0. The van der Waals surface area contributed by atoms with Gasteiger partial charge in [0.1, 0.15) is 0 Å². The van der Waals surface area contributed by atoms with Crippen molar-refractivity contribution in [3.05, 3.63) is 0 Å². The molecule has 0 N–H and O–H groups in total. The molecule has 0 aromatic rings. The van der Waals surface area contributed by atoms with Crippen molar-refractivity contribution in [1.29, 1.82) is 0 Å². The summed E-state index contributed by atoms with van der Waals surface area (Å²) in [6.07, 6.45) is 17.1. The largest absolute Gasteiger partial charge is 0.416 e. The van der Waals surface area contributed by atoms with E-state index in [1.54, 1.807) is 0 Å². The van der Waals surface area contributed by atoms with Gasteiger partial charge in [0.05, 0.1) is 0 Å². The lowest BCUT2D eigenvalue weighted by atomic mass is 10.1. The van der Waals surface area contributed by atoms with Crippen molar-refractivity contribution >= 4 is 9.04 Å². The monoisotopic (exact) mass is 283 g/mol. The molecule has 1 radical (unpaired) electrons. The molecule has 1 rings (SSSR count). The Kier molecular flexibility index (Phi) is 10.8. The van der Waals surface area contributed by atoms with Gasteiger partial charge < -0.3 is 4.43 Å². The van der Waals surface area contributed by atoms with Crippen LogP contribution in [0.4, 0.5) is 0 Å². The predicted octanol–water partition coefficient (Wildman–Crippen LogP) is 6.10. The summed E-state index contributed by atoms with van der Waals surface area (Å²) >= 11 is 0. The maximum Gasteiger partial charge on any atom is 0.214 e. The molecule has 0 aromatic heterocycles. The van der Waals surface area contributed by atoms with Gasteiger partial charge in [-0.05, 0) is 18.0 Å². The molecule has 1 saturated heterocycles. The summed E-state index contributed by atoms with van der Waals surface area (Å²) < 4.78 is 5.97. The maximum atomic E-state index is 5.97. The van der Waals surface area contributed by atoms with Gasteiger partial charge in [-0.3, -0.25) is 0 Å². The predicted molar refractivity (Wildman–Crippen MR) is 87.0 cm³/mol. The third-order valence-corrected chi connectivity index (χ3v) is 7.20. The summed E-state index contributed by atoms with van der Waals surface area (Å²) in [6.45, 7) is 5.78. The zero-order valence-electron chi connectivity index (χ0n) is 13.4. The van der Waals surface area contributed by atoms with Crippen LogP contribution in [0.5, 0.6) is 0 Å². The molecule has 0 amide bonds. The molecule has 1 heterocycles. The molecular formula is C17H35OSi. The van der Waals surface area contributed by atoms with E-state index in [0.29, 0.717) is 0 Å². The first-order valence-electron chi connectivity index (χ1n) is 8.83. The van der Waals surface area contributed by atoms with Crippen molar-refractivity contribution < 1.29 is 4.43 Å². The lowest BCUT2D eigenvalue weighted by molar-refractivity contribution is 0.278. The molecule has 19 heavy (non-hydrogen) atoms. The van der Waals surface area contributed by atoms with Crippen LogP contribution < -0.4 is 0 Å². The van der Waals surface area contributed by atoms with E-state index in [1.807, 2.05) is 0 Å². The van der Waals surface area contributed by atoms with E-state index < -0.39 is 9.04 Å². The molecule has 1 unspecified atom stereocenters. The summed E-state index contributed by atoms with van der Waals surface area (Å²) in [6, 6.07) is 1.41. The van der Waals surface area contributed by atoms with Crippen molar-refractivity contribution in [1.82, 2.24) is 0 Å². The molecule has 0 spiro atoms. The fourth-order valence-corrected chi connectivity index (χ4v) is 5.44. The van der Waals surface area contributed by atoms with Crippen LogP contribution in [0.3, 0.4) is 0 Å². The lowest BCUT2D eigenvalue weighted by Crippen LogP contribution is -2.27. The minimum atomic E-state index is -0.433. The fourth-order valence-electron chi connectivity index (χ4n) is 2.99. The molecule has 1 aliphatic heterocycles. The molecule has 2 heteroatoms. The average Bonchev–Trinajstić information content (AvgIpc) is 2.46. The Balaban J connectivity index is 1.84. The number of hydrogen-bond acceptors (Lipinski definition) is 1. The van der Waals surface area contributed by atoms with E-state index in [1.165, 1.54) is 83.1 Å². The highest BCUT2D eigenvalue weighted by molar-refractivity contribution is 6.53. The first kappa shape index (κ1) is 17.2. The quantitative estimate of drug-likeness (QED) is 0.329. The number of rotatable bonds is 11. The topological polar surface area (TPSA) is 9.23 Å². The Hall–Kier alpha value is 0.177. The average molecular weight is 284 g/mol. The molecule has 0 bridgehead atoms. The molecule has 0 saturated carbocycles. The van der Waals surface area contributed by atoms with Crippen molar-refractivity contribution in [2.24, 2.45) is 0 Å². The van der Waals surface area contributed by atoms with Crippen LogP contribution in [-0.2, 0) is 4.43 Å². The van der Waals surface area contributed by atoms with Gasteiger partial charge in [0.15, 0.2) is 0 Å². The lowest BCUT2D eigenvalue weighted by Gasteiger charge is -2.25. The Bertz CT molecular complexity index is 190. The zero-order valence-corrected chi connectivity index (χ0v) is 14.4. The van der Waals surface area contributed by atoms with Gasteiger partial charge in [-0.1, -0.05) is 84.5 Å². The molecule has 1 atom stereocenters. The van der Waals surface area contributed by atoms with Crippen LogP contribution in [0.15, 0.2) is 0 Å². The number of hydrogen-bond donors (Lipinski definition) is 0. The van der Waals surface area contributed by atoms with E-state index in [2.05, 4.69) is 13.8 Å². The molecular weight excluding hydrogens is 248 g/mol. The van der Waals surface area contributed by atoms with Gasteiger partial charge in [0.25, 0.3) is 0 Å². The minimum Gasteiger partial charge on any atom is -0.416 e. The maximum absolute atomic E-state index is 5.97. The second kappa shape index (κ2) is 12.0. The molecule has 1 aliphatic rings. The van der Waals surface area contributed by atoms with Crippen molar-refractivity contribution in [3.8, 4) is 0 Å². The van der Waals surface area contributed by atoms with Crippen molar-refractivity contribution in [3.63, 3.8) is 0 Å². The van der Waals surface area contributed by atoms with Gasteiger partial charge in [0.2, 0.25) is 9.04 Å². The number of unbranched alkanes of at least 4 members (excludes halogenated alkanes) is 8. The molecule has 0 aromatic carbocycles. The SMILES string of the molecule is CCCCCCCCCCCC(C)[Si]1CCCCO1. The van der Waals surface area contributed by atoms with E-state index in [9.17, 15) is 0 Å². The van der Waals surface area contributed by atoms with E-state index >= 15 is 0 Å². The van der Waals surface area contributed by atoms with Crippen LogP contribution in [0.2, 0.25) is 11.6 Å². The highest BCUT2D eigenvalue weighted by atomic mass is 28.3. The minimum absolute atomic E-state index is 0.433. The van der Waals surface area contributed by atoms with Gasteiger partial charge in [-0.15, -0.1) is 0 Å². The van der Waals surface area contributed by atoms with E-state index in [4.69, 9.17) is 4.43 Å². The molecule has 1 fully saturated rings. The highest BCUT2D eigenvalue weighted by Crippen LogP contribution is 2.26. The Labute approximate surface area is 123 Å². The van der Waals surface area contributed by atoms with Gasteiger partial charge in [-0.25, -0.2) is 0 Å². The van der Waals surface area contributed by atoms with Crippen LogP contribution in [-0.4, -0.2) is 15.6 Å². The molecule has 0 aliphatic carbocycles. The molecule has 113 valence electrons. The summed E-state index contributed by atoms with van der Waals surface area (Å²) in [5, 5.41) is 0. The van der Waals surface area contributed by atoms with Crippen LogP contribution in [0.1, 0.15) is 90.9 Å². The van der Waals surface area contributed by atoms with E-state index in [0.717, 1.165) is 12.1 Å². The van der Waals surface area contributed by atoms with Crippen LogP contribution in [0.25, 0.3) is 0 Å². The van der Waals surface area contributed by atoms with Gasteiger partial charge in [0, 0.05) is 6.61 Å². The van der Waals surface area contributed by atoms with Gasteiger partial charge in [-0.2, -0.15) is 0 Å². The molecule has 1 nitrogen and oxygen atoms in total. The fraction of sp³-hybridized carbons (Fsp3) is 1.00. The Morgan fingerprint density at radius 2 is 1.53 bits per heavy atom. The first-order chi connectivity index (χ1) is 9.34. The third-order valence-electron chi connectivity index (χ3n) is 4.40. The highest BCUT2D eigenvalue weighted by Gasteiger charge is 2.23. The summed E-state index contributed by atoms with van der Waals surface area (Å²) in [7, 11) is -0.433. The zero-order chi connectivity index (χ0) is 13.8. The van der Waals surface area contributed by atoms with Crippen LogP contribution >= 0.6 is 0 Å². The first-order valence-corrected chi connectivity index (χ1v) is 10.5. The summed E-state index contributed by atoms with van der Waals surface area (Å²) in [5.74, 6) is 0. The third kappa shape index (κ3) is 8.86. The smallest absolute Gasteiger partial charge is 0.214 e. The van der Waals surface area contributed by atoms with Crippen molar-refractivity contribution in [2.75, 3.05) is 6.61 Å². The van der Waals surface area contributed by atoms with Crippen molar-refractivity contribution in [2.45, 2.75) is 102 Å². The van der Waals surface area contributed by atoms with Crippen LogP contribution in [0, 0.1) is 0 Å².